The molecule has 0 unspecified atom stereocenters. The second kappa shape index (κ2) is 5.93. The molecule has 1 fully saturated rings. The van der Waals surface area contributed by atoms with E-state index in [2.05, 4.69) is 5.32 Å². The highest BCUT2D eigenvalue weighted by Crippen LogP contribution is 2.48. The Morgan fingerprint density at radius 2 is 1.86 bits per heavy atom. The zero-order valence-corrected chi connectivity index (χ0v) is 12.9. The first kappa shape index (κ1) is 14.8. The van der Waals surface area contributed by atoms with Gasteiger partial charge in [-0.05, 0) is 37.0 Å². The molecule has 1 saturated carbocycles. The number of aromatic carboxylic acids is 1. The SMILES string of the molecule is O=C(O)c1ccc(CNC(=O)C2(Cc3ccccc3)CC2)s1. The Morgan fingerprint density at radius 1 is 1.14 bits per heavy atom. The lowest BCUT2D eigenvalue weighted by Gasteiger charge is -2.15. The smallest absolute Gasteiger partial charge is 0.345 e. The predicted molar refractivity (Wildman–Crippen MR) is 84.9 cm³/mol. The molecule has 3 rings (SSSR count). The van der Waals surface area contributed by atoms with E-state index < -0.39 is 5.97 Å². The Bertz CT molecular complexity index is 689. The number of thiophene rings is 1. The number of carboxylic acid groups (broad SMARTS) is 1. The van der Waals surface area contributed by atoms with E-state index in [0.717, 1.165) is 24.1 Å². The van der Waals surface area contributed by atoms with E-state index in [9.17, 15) is 9.59 Å². The van der Waals surface area contributed by atoms with Gasteiger partial charge in [0.15, 0.2) is 0 Å². The van der Waals surface area contributed by atoms with Crippen LogP contribution >= 0.6 is 11.3 Å². The molecule has 0 bridgehead atoms. The van der Waals surface area contributed by atoms with Gasteiger partial charge in [0.25, 0.3) is 0 Å². The summed E-state index contributed by atoms with van der Waals surface area (Å²) in [6.45, 7) is 0.396. The lowest BCUT2D eigenvalue weighted by molar-refractivity contribution is -0.126. The van der Waals surface area contributed by atoms with Crippen molar-refractivity contribution in [2.75, 3.05) is 0 Å². The maximum Gasteiger partial charge on any atom is 0.345 e. The standard InChI is InChI=1S/C17H17NO3S/c19-15(20)14-7-6-13(22-14)11-18-16(21)17(8-9-17)10-12-4-2-1-3-5-12/h1-7H,8-11H2,(H,18,21)(H,19,20). The lowest BCUT2D eigenvalue weighted by Crippen LogP contribution is -2.32. The van der Waals surface area contributed by atoms with Crippen LogP contribution in [-0.2, 0) is 17.8 Å². The van der Waals surface area contributed by atoms with E-state index in [-0.39, 0.29) is 11.3 Å². The Morgan fingerprint density at radius 3 is 2.45 bits per heavy atom. The zero-order chi connectivity index (χ0) is 15.6. The van der Waals surface area contributed by atoms with Crippen molar-refractivity contribution in [2.45, 2.75) is 25.8 Å². The van der Waals surface area contributed by atoms with Crippen LogP contribution in [0.3, 0.4) is 0 Å². The number of hydrogen-bond donors (Lipinski definition) is 2. The molecule has 5 heteroatoms. The molecule has 0 aliphatic heterocycles. The summed E-state index contributed by atoms with van der Waals surface area (Å²) in [7, 11) is 0. The molecule has 1 heterocycles. The lowest BCUT2D eigenvalue weighted by atomic mass is 9.95. The quantitative estimate of drug-likeness (QED) is 0.861. The minimum atomic E-state index is -0.926. The summed E-state index contributed by atoms with van der Waals surface area (Å²) >= 11 is 1.20. The van der Waals surface area contributed by atoms with Gasteiger partial charge < -0.3 is 10.4 Å². The molecule has 0 atom stereocenters. The molecular weight excluding hydrogens is 298 g/mol. The van der Waals surface area contributed by atoms with Gasteiger partial charge in [-0.1, -0.05) is 30.3 Å². The Hall–Kier alpha value is -2.14. The molecule has 2 aromatic rings. The van der Waals surface area contributed by atoms with Gasteiger partial charge in [-0.15, -0.1) is 11.3 Å². The van der Waals surface area contributed by atoms with Gasteiger partial charge in [-0.25, -0.2) is 4.79 Å². The molecule has 1 amide bonds. The number of amides is 1. The fraction of sp³-hybridized carbons (Fsp3) is 0.294. The van der Waals surface area contributed by atoms with Crippen LogP contribution in [0.1, 0.15) is 33.0 Å². The van der Waals surface area contributed by atoms with Crippen LogP contribution in [0.5, 0.6) is 0 Å². The highest BCUT2D eigenvalue weighted by Gasteiger charge is 2.49. The molecular formula is C17H17NO3S. The van der Waals surface area contributed by atoms with E-state index in [0.29, 0.717) is 11.4 Å². The topological polar surface area (TPSA) is 66.4 Å². The third-order valence-corrected chi connectivity index (χ3v) is 5.09. The number of rotatable bonds is 6. The van der Waals surface area contributed by atoms with Gasteiger partial charge in [-0.2, -0.15) is 0 Å². The normalized spacial score (nSPS) is 15.3. The maximum absolute atomic E-state index is 12.4. The number of carbonyl (C=O) groups excluding carboxylic acids is 1. The summed E-state index contributed by atoms with van der Waals surface area (Å²) in [6.07, 6.45) is 2.60. The van der Waals surface area contributed by atoms with Crippen molar-refractivity contribution >= 4 is 23.2 Å². The number of nitrogens with one attached hydrogen (secondary N) is 1. The molecule has 1 aliphatic carbocycles. The minimum Gasteiger partial charge on any atom is -0.477 e. The first-order chi connectivity index (χ1) is 10.6. The molecule has 1 aliphatic rings. The van der Waals surface area contributed by atoms with Crippen molar-refractivity contribution in [3.8, 4) is 0 Å². The number of carbonyl (C=O) groups is 2. The fourth-order valence-electron chi connectivity index (χ4n) is 2.56. The monoisotopic (exact) mass is 315 g/mol. The van der Waals surface area contributed by atoms with Crippen molar-refractivity contribution in [3.05, 3.63) is 57.8 Å². The van der Waals surface area contributed by atoms with Crippen LogP contribution in [0, 0.1) is 5.41 Å². The van der Waals surface area contributed by atoms with E-state index in [1.54, 1.807) is 12.1 Å². The Labute approximate surface area is 132 Å². The third kappa shape index (κ3) is 3.20. The highest BCUT2D eigenvalue weighted by molar-refractivity contribution is 7.13. The Balaban J connectivity index is 1.58. The van der Waals surface area contributed by atoms with Crippen LogP contribution in [0.25, 0.3) is 0 Å². The van der Waals surface area contributed by atoms with Crippen molar-refractivity contribution < 1.29 is 14.7 Å². The minimum absolute atomic E-state index is 0.0710. The van der Waals surface area contributed by atoms with Crippen LogP contribution in [-0.4, -0.2) is 17.0 Å². The molecule has 1 aromatic carbocycles. The predicted octanol–water partition coefficient (Wildman–Crippen LogP) is 3.09. The Kier molecular flexibility index (Phi) is 3.98. The van der Waals surface area contributed by atoms with Crippen molar-refractivity contribution in [1.29, 1.82) is 0 Å². The van der Waals surface area contributed by atoms with Crippen molar-refractivity contribution in [1.82, 2.24) is 5.32 Å². The molecule has 22 heavy (non-hydrogen) atoms. The molecule has 4 nitrogen and oxygen atoms in total. The van der Waals surface area contributed by atoms with E-state index in [4.69, 9.17) is 5.11 Å². The largest absolute Gasteiger partial charge is 0.477 e. The molecule has 0 spiro atoms. The maximum atomic E-state index is 12.4. The van der Waals surface area contributed by atoms with Crippen molar-refractivity contribution in [2.24, 2.45) is 5.41 Å². The average Bonchev–Trinajstić information content (AvgIpc) is 3.13. The number of carboxylic acids is 1. The van der Waals surface area contributed by atoms with Crippen LogP contribution in [0.4, 0.5) is 0 Å². The number of hydrogen-bond acceptors (Lipinski definition) is 3. The summed E-state index contributed by atoms with van der Waals surface area (Å²) in [5, 5.41) is 11.9. The molecule has 114 valence electrons. The summed E-state index contributed by atoms with van der Waals surface area (Å²) in [5.74, 6) is -0.855. The van der Waals surface area contributed by atoms with Gasteiger partial charge in [0, 0.05) is 4.88 Å². The molecule has 0 radical (unpaired) electrons. The van der Waals surface area contributed by atoms with Gasteiger partial charge in [-0.3, -0.25) is 4.79 Å². The number of benzene rings is 1. The fourth-order valence-corrected chi connectivity index (χ4v) is 3.35. The van der Waals surface area contributed by atoms with Gasteiger partial charge in [0.05, 0.1) is 12.0 Å². The first-order valence-electron chi connectivity index (χ1n) is 7.23. The van der Waals surface area contributed by atoms with E-state index >= 15 is 0 Å². The van der Waals surface area contributed by atoms with Crippen LogP contribution < -0.4 is 5.32 Å². The molecule has 2 N–H and O–H groups in total. The zero-order valence-electron chi connectivity index (χ0n) is 12.0. The average molecular weight is 315 g/mol. The molecule has 1 aromatic heterocycles. The van der Waals surface area contributed by atoms with E-state index in [1.807, 2.05) is 30.3 Å². The third-order valence-electron chi connectivity index (χ3n) is 4.02. The van der Waals surface area contributed by atoms with Gasteiger partial charge in [0.1, 0.15) is 4.88 Å². The van der Waals surface area contributed by atoms with Gasteiger partial charge >= 0.3 is 5.97 Å². The van der Waals surface area contributed by atoms with Crippen molar-refractivity contribution in [3.63, 3.8) is 0 Å². The molecule has 0 saturated heterocycles. The van der Waals surface area contributed by atoms with E-state index in [1.165, 1.54) is 16.9 Å². The second-order valence-electron chi connectivity index (χ2n) is 5.70. The summed E-state index contributed by atoms with van der Waals surface area (Å²) in [5.41, 5.74) is 0.910. The second-order valence-corrected chi connectivity index (χ2v) is 6.86. The first-order valence-corrected chi connectivity index (χ1v) is 8.05. The highest BCUT2D eigenvalue weighted by atomic mass is 32.1. The van der Waals surface area contributed by atoms with Crippen LogP contribution in [0.15, 0.2) is 42.5 Å². The van der Waals surface area contributed by atoms with Gasteiger partial charge in [0.2, 0.25) is 5.91 Å². The summed E-state index contributed by atoms with van der Waals surface area (Å²) < 4.78 is 0. The van der Waals surface area contributed by atoms with Crippen LogP contribution in [0.2, 0.25) is 0 Å². The summed E-state index contributed by atoms with van der Waals surface area (Å²) in [4.78, 5) is 24.4. The summed E-state index contributed by atoms with van der Waals surface area (Å²) in [6, 6.07) is 13.4.